The van der Waals surface area contributed by atoms with Crippen LogP contribution < -0.4 is 19.7 Å². The Labute approximate surface area is 228 Å². The molecule has 2 aliphatic rings. The van der Waals surface area contributed by atoms with Crippen LogP contribution in [0.2, 0.25) is 0 Å². The molecule has 0 spiro atoms. The molecule has 0 aliphatic heterocycles. The van der Waals surface area contributed by atoms with E-state index < -0.39 is 11.0 Å². The number of rotatable bonds is 10. The Balaban J connectivity index is 1.40. The van der Waals surface area contributed by atoms with Crippen LogP contribution in [-0.4, -0.2) is 71.9 Å². The van der Waals surface area contributed by atoms with Crippen LogP contribution >= 0.6 is 0 Å². The number of anilines is 2. The van der Waals surface area contributed by atoms with Crippen LogP contribution in [-0.2, 0) is 19.4 Å². The summed E-state index contributed by atoms with van der Waals surface area (Å²) in [5, 5.41) is 25.1. The molecule has 2 N–H and O–H groups in total. The first kappa shape index (κ1) is 28.2. The molecule has 0 atom stereocenters. The van der Waals surface area contributed by atoms with Gasteiger partial charge in [0.05, 0.1) is 43.0 Å². The van der Waals surface area contributed by atoms with Crippen molar-refractivity contribution in [3.8, 4) is 11.5 Å². The average molecular weight is 543 g/mol. The Morgan fingerprint density at radius 2 is 1.77 bits per heavy atom. The molecule has 1 heterocycles. The highest BCUT2D eigenvalue weighted by Crippen LogP contribution is 2.36. The smallest absolute Gasteiger partial charge is 0.407 e. The zero-order valence-corrected chi connectivity index (χ0v) is 23.1. The lowest BCUT2D eigenvalue weighted by Gasteiger charge is -2.32. The van der Waals surface area contributed by atoms with Crippen molar-refractivity contribution in [1.82, 2.24) is 14.9 Å². The fraction of sp³-hybridized carbons (Fsp3) is 0.593. The van der Waals surface area contributed by atoms with Gasteiger partial charge in [0, 0.05) is 32.2 Å². The lowest BCUT2D eigenvalue weighted by molar-refractivity contribution is -0.385. The Kier molecular flexibility index (Phi) is 8.93. The van der Waals surface area contributed by atoms with E-state index in [2.05, 4.69) is 10.2 Å². The lowest BCUT2D eigenvalue weighted by atomic mass is 9.85. The molecule has 0 bridgehead atoms. The van der Waals surface area contributed by atoms with Gasteiger partial charge in [0.15, 0.2) is 11.5 Å². The summed E-state index contributed by atoms with van der Waals surface area (Å²) in [4.78, 5) is 36.2. The SMILES string of the molecule is COc1cc(CN(C[C@H]2CC[C@@H](Nc3nc4c(c(N(C)C)n3)CCCC4)CC2)C(=O)O)c([N+](=O)[O-])cc1OC. The Bertz CT molecular complexity index is 1200. The van der Waals surface area contributed by atoms with Gasteiger partial charge in [-0.2, -0.15) is 4.98 Å². The number of amides is 1. The Morgan fingerprint density at radius 1 is 1.10 bits per heavy atom. The summed E-state index contributed by atoms with van der Waals surface area (Å²) in [6.07, 6.45) is 6.59. The number of hydrogen-bond donors (Lipinski definition) is 2. The van der Waals surface area contributed by atoms with E-state index in [-0.39, 0.29) is 35.5 Å². The number of ether oxygens (including phenoxy) is 2. The largest absolute Gasteiger partial charge is 0.493 e. The fourth-order valence-electron chi connectivity index (χ4n) is 5.62. The number of fused-ring (bicyclic) bond motifs is 1. The van der Waals surface area contributed by atoms with Crippen LogP contribution in [0.4, 0.5) is 22.2 Å². The van der Waals surface area contributed by atoms with Crippen LogP contribution in [0.5, 0.6) is 11.5 Å². The van der Waals surface area contributed by atoms with Crippen molar-refractivity contribution in [2.75, 3.05) is 45.1 Å². The summed E-state index contributed by atoms with van der Waals surface area (Å²) in [5.41, 5.74) is 2.45. The zero-order chi connectivity index (χ0) is 28.1. The van der Waals surface area contributed by atoms with Gasteiger partial charge in [-0.15, -0.1) is 0 Å². The number of carbonyl (C=O) groups is 1. The minimum atomic E-state index is -1.11. The van der Waals surface area contributed by atoms with Gasteiger partial charge in [0.25, 0.3) is 5.69 Å². The summed E-state index contributed by atoms with van der Waals surface area (Å²) in [7, 11) is 6.86. The summed E-state index contributed by atoms with van der Waals surface area (Å²) in [5.74, 6) is 2.34. The number of hydrogen-bond acceptors (Lipinski definition) is 9. The minimum absolute atomic E-state index is 0.111. The Morgan fingerprint density at radius 3 is 2.38 bits per heavy atom. The standard InChI is InChI=1S/C27H38N6O6/c1-31(2)25-20-7-5-6-8-21(20)29-26(30-25)28-19-11-9-17(10-12-19)15-32(27(34)35)16-18-13-23(38-3)24(39-4)14-22(18)33(36)37/h13-14,17,19H,5-12,15-16H2,1-4H3,(H,34,35)(H,28,29,30)/t17-,19+. The second-order valence-corrected chi connectivity index (χ2v) is 10.5. The molecular formula is C27H38N6O6. The maximum absolute atomic E-state index is 12.1. The van der Waals surface area contributed by atoms with Gasteiger partial charge in [-0.05, 0) is 63.4 Å². The molecule has 2 aliphatic carbocycles. The third-order valence-corrected chi connectivity index (χ3v) is 7.66. The molecule has 0 saturated heterocycles. The van der Waals surface area contributed by atoms with Crippen molar-refractivity contribution >= 4 is 23.5 Å². The molecule has 12 heteroatoms. The summed E-state index contributed by atoms with van der Waals surface area (Å²) in [6.45, 7) is 0.189. The highest BCUT2D eigenvalue weighted by molar-refractivity contribution is 5.66. The number of nitrogens with one attached hydrogen (secondary N) is 1. The quantitative estimate of drug-likeness (QED) is 0.325. The number of nitro benzene ring substituents is 1. The normalized spacial score (nSPS) is 18.6. The number of nitrogens with zero attached hydrogens (tertiary/aromatic N) is 5. The first-order chi connectivity index (χ1) is 18.7. The van der Waals surface area contributed by atoms with Crippen LogP contribution in [0, 0.1) is 16.0 Å². The van der Waals surface area contributed by atoms with Crippen molar-refractivity contribution in [3.05, 3.63) is 39.1 Å². The molecule has 4 rings (SSSR count). The minimum Gasteiger partial charge on any atom is -0.493 e. The third kappa shape index (κ3) is 6.61. The molecule has 1 amide bonds. The maximum Gasteiger partial charge on any atom is 0.407 e. The van der Waals surface area contributed by atoms with Crippen molar-refractivity contribution in [3.63, 3.8) is 0 Å². The number of nitro groups is 1. The summed E-state index contributed by atoms with van der Waals surface area (Å²) in [6, 6.07) is 2.97. The van der Waals surface area contributed by atoms with Gasteiger partial charge < -0.3 is 29.7 Å². The van der Waals surface area contributed by atoms with Crippen molar-refractivity contribution in [1.29, 1.82) is 0 Å². The zero-order valence-electron chi connectivity index (χ0n) is 23.1. The van der Waals surface area contributed by atoms with Crippen molar-refractivity contribution in [2.24, 2.45) is 5.92 Å². The number of carboxylic acid groups (broad SMARTS) is 1. The van der Waals surface area contributed by atoms with Gasteiger partial charge in [0.1, 0.15) is 5.82 Å². The van der Waals surface area contributed by atoms with Gasteiger partial charge in [-0.25, -0.2) is 9.78 Å². The predicted molar refractivity (Wildman–Crippen MR) is 147 cm³/mol. The molecule has 1 aromatic carbocycles. The van der Waals surface area contributed by atoms with Gasteiger partial charge in [0.2, 0.25) is 5.95 Å². The van der Waals surface area contributed by atoms with Gasteiger partial charge in [-0.3, -0.25) is 10.1 Å². The average Bonchev–Trinajstić information content (AvgIpc) is 2.92. The van der Waals surface area contributed by atoms with Crippen molar-refractivity contribution in [2.45, 2.75) is 64.0 Å². The number of methoxy groups -OCH3 is 2. The van der Waals surface area contributed by atoms with Crippen LogP contribution in [0.15, 0.2) is 12.1 Å². The van der Waals surface area contributed by atoms with Crippen LogP contribution in [0.25, 0.3) is 0 Å². The number of aryl methyl sites for hydroxylation is 1. The predicted octanol–water partition coefficient (Wildman–Crippen LogP) is 4.50. The second-order valence-electron chi connectivity index (χ2n) is 10.5. The molecule has 1 aromatic heterocycles. The van der Waals surface area contributed by atoms with Gasteiger partial charge >= 0.3 is 6.09 Å². The molecule has 39 heavy (non-hydrogen) atoms. The highest BCUT2D eigenvalue weighted by atomic mass is 16.6. The van der Waals surface area contributed by atoms with E-state index in [4.69, 9.17) is 19.4 Å². The van der Waals surface area contributed by atoms with Gasteiger partial charge in [-0.1, -0.05) is 0 Å². The molecule has 0 unspecified atom stereocenters. The molecule has 2 aromatic rings. The van der Waals surface area contributed by atoms with E-state index >= 15 is 0 Å². The monoisotopic (exact) mass is 542 g/mol. The molecule has 1 fully saturated rings. The van der Waals surface area contributed by atoms with Crippen molar-refractivity contribution < 1.29 is 24.3 Å². The highest BCUT2D eigenvalue weighted by Gasteiger charge is 2.28. The topological polar surface area (TPSA) is 143 Å². The van der Waals surface area contributed by atoms with E-state index in [1.54, 1.807) is 0 Å². The van der Waals surface area contributed by atoms with E-state index in [1.165, 1.54) is 43.2 Å². The van der Waals surface area contributed by atoms with Crippen LogP contribution in [0.1, 0.15) is 55.3 Å². The molecule has 212 valence electrons. The van der Waals surface area contributed by atoms with E-state index in [1.807, 2.05) is 14.1 Å². The first-order valence-corrected chi connectivity index (χ1v) is 13.4. The fourth-order valence-corrected chi connectivity index (χ4v) is 5.62. The van der Waals surface area contributed by atoms with E-state index in [0.717, 1.165) is 56.5 Å². The summed E-state index contributed by atoms with van der Waals surface area (Å²) >= 11 is 0. The summed E-state index contributed by atoms with van der Waals surface area (Å²) < 4.78 is 10.5. The third-order valence-electron chi connectivity index (χ3n) is 7.66. The molecule has 0 radical (unpaired) electrons. The molecule has 1 saturated carbocycles. The molecule has 12 nitrogen and oxygen atoms in total. The maximum atomic E-state index is 12.1. The number of aromatic nitrogens is 2. The number of benzene rings is 1. The van der Waals surface area contributed by atoms with Crippen LogP contribution in [0.3, 0.4) is 0 Å². The Hall–Kier alpha value is -3.83. The lowest BCUT2D eigenvalue weighted by Crippen LogP contribution is -2.37. The second kappa shape index (κ2) is 12.4. The van der Waals surface area contributed by atoms with E-state index in [9.17, 15) is 20.0 Å². The molecular weight excluding hydrogens is 504 g/mol. The van der Waals surface area contributed by atoms with E-state index in [0.29, 0.717) is 18.2 Å². The first-order valence-electron chi connectivity index (χ1n) is 13.4.